The van der Waals surface area contributed by atoms with E-state index in [1.165, 1.54) is 6.92 Å². The Bertz CT molecular complexity index is 1080. The molecule has 4 rings (SSSR count). The molecule has 0 atom stereocenters. The van der Waals surface area contributed by atoms with Gasteiger partial charge in [0.25, 0.3) is 0 Å². The third kappa shape index (κ3) is 3.03. The number of anilines is 2. The number of carbonyl (C=O) groups is 1. The van der Waals surface area contributed by atoms with E-state index in [0.29, 0.717) is 35.0 Å². The second kappa shape index (κ2) is 6.79. The van der Waals surface area contributed by atoms with Crippen LogP contribution < -0.4 is 11.1 Å². The van der Waals surface area contributed by atoms with Gasteiger partial charge in [0.15, 0.2) is 5.82 Å². The van der Waals surface area contributed by atoms with Gasteiger partial charge in [-0.2, -0.15) is 5.10 Å². The number of nitrogens with one attached hydrogen (secondary N) is 1. The van der Waals surface area contributed by atoms with E-state index in [4.69, 9.17) is 10.8 Å². The lowest BCUT2D eigenvalue weighted by Gasteiger charge is -2.16. The van der Waals surface area contributed by atoms with E-state index in [2.05, 4.69) is 15.3 Å². The summed E-state index contributed by atoms with van der Waals surface area (Å²) in [5.41, 5.74) is 9.45. The van der Waals surface area contributed by atoms with Crippen molar-refractivity contribution in [2.75, 3.05) is 11.1 Å². The molecular formula is C21H25FN6O. The van der Waals surface area contributed by atoms with Crippen LogP contribution in [-0.2, 0) is 29.6 Å². The minimum absolute atomic E-state index is 0.152. The van der Waals surface area contributed by atoms with Gasteiger partial charge in [-0.1, -0.05) is 12.2 Å². The average Bonchev–Trinajstić information content (AvgIpc) is 3.29. The van der Waals surface area contributed by atoms with Gasteiger partial charge in [-0.25, -0.2) is 14.4 Å². The van der Waals surface area contributed by atoms with Crippen LogP contribution in [0.5, 0.6) is 0 Å². The number of rotatable bonds is 4. The zero-order chi connectivity index (χ0) is 20.9. The van der Waals surface area contributed by atoms with Crippen molar-refractivity contribution in [3.63, 3.8) is 0 Å². The summed E-state index contributed by atoms with van der Waals surface area (Å²) in [6.07, 6.45) is 6.32. The summed E-state index contributed by atoms with van der Waals surface area (Å²) < 4.78 is 15.8. The molecule has 3 N–H and O–H groups in total. The summed E-state index contributed by atoms with van der Waals surface area (Å²) in [5, 5.41) is 7.52. The Morgan fingerprint density at radius 3 is 2.79 bits per heavy atom. The number of hydrogen-bond acceptors (Lipinski definition) is 5. The van der Waals surface area contributed by atoms with E-state index in [0.717, 1.165) is 30.5 Å². The second-order valence-corrected chi connectivity index (χ2v) is 8.08. The van der Waals surface area contributed by atoms with E-state index < -0.39 is 5.41 Å². The van der Waals surface area contributed by atoms with E-state index in [1.54, 1.807) is 19.9 Å². The minimum atomic E-state index is -0.774. The van der Waals surface area contributed by atoms with Gasteiger partial charge in [0, 0.05) is 16.8 Å². The van der Waals surface area contributed by atoms with Crippen LogP contribution in [0.4, 0.5) is 16.0 Å². The maximum absolute atomic E-state index is 13.9. The van der Waals surface area contributed by atoms with Gasteiger partial charge in [-0.15, -0.1) is 0 Å². The van der Waals surface area contributed by atoms with Crippen LogP contribution in [0.1, 0.15) is 50.9 Å². The zero-order valence-corrected chi connectivity index (χ0v) is 17.1. The normalized spacial score (nSPS) is 18.0. The van der Waals surface area contributed by atoms with Crippen molar-refractivity contribution in [3.8, 4) is 11.5 Å². The highest BCUT2D eigenvalue weighted by Crippen LogP contribution is 2.41. The molecule has 3 heterocycles. The lowest BCUT2D eigenvalue weighted by molar-refractivity contribution is -0.119. The molecule has 2 aromatic heterocycles. The van der Waals surface area contributed by atoms with Crippen LogP contribution in [0.15, 0.2) is 23.6 Å². The number of aromatic nitrogens is 4. The molecule has 0 aromatic carbocycles. The average molecular weight is 396 g/mol. The monoisotopic (exact) mass is 396 g/mol. The lowest BCUT2D eigenvalue weighted by atomic mass is 9.87. The number of nitrogens with two attached hydrogens (primary N) is 1. The van der Waals surface area contributed by atoms with Gasteiger partial charge < -0.3 is 11.1 Å². The highest BCUT2D eigenvalue weighted by molar-refractivity contribution is 6.06. The molecule has 0 radical (unpaired) electrons. The number of allylic oxidation sites excluding steroid dienone is 4. The first-order valence-electron chi connectivity index (χ1n) is 9.80. The van der Waals surface area contributed by atoms with Crippen LogP contribution in [0.3, 0.4) is 0 Å². The smallest absolute Gasteiger partial charge is 0.235 e. The fourth-order valence-electron chi connectivity index (χ4n) is 4.13. The maximum atomic E-state index is 13.9. The Morgan fingerprint density at radius 2 is 2.10 bits per heavy atom. The van der Waals surface area contributed by atoms with Gasteiger partial charge >= 0.3 is 0 Å². The molecule has 0 spiro atoms. The molecule has 0 unspecified atom stereocenters. The number of fused-ring (bicyclic) bond motifs is 2. The Balaban J connectivity index is 1.80. The topological polar surface area (TPSA) is 98.7 Å². The van der Waals surface area contributed by atoms with Gasteiger partial charge in [-0.05, 0) is 47.0 Å². The minimum Gasteiger partial charge on any atom is -0.383 e. The van der Waals surface area contributed by atoms with Crippen molar-refractivity contribution in [2.24, 2.45) is 0 Å². The van der Waals surface area contributed by atoms with Crippen LogP contribution >= 0.6 is 0 Å². The Hall–Kier alpha value is -3.03. The molecule has 8 heteroatoms. The molecule has 2 aliphatic rings. The molecule has 152 valence electrons. The molecule has 1 aliphatic heterocycles. The summed E-state index contributed by atoms with van der Waals surface area (Å²) >= 11 is 0. The summed E-state index contributed by atoms with van der Waals surface area (Å²) in [6, 6.07) is 0. The van der Waals surface area contributed by atoms with E-state index in [9.17, 15) is 9.18 Å². The molecule has 2 aromatic rings. The van der Waals surface area contributed by atoms with Gasteiger partial charge in [0.1, 0.15) is 23.2 Å². The van der Waals surface area contributed by atoms with Crippen molar-refractivity contribution in [1.82, 2.24) is 19.7 Å². The third-order valence-corrected chi connectivity index (χ3v) is 5.71. The molecule has 1 amide bonds. The van der Waals surface area contributed by atoms with E-state index in [-0.39, 0.29) is 17.6 Å². The fourth-order valence-corrected chi connectivity index (χ4v) is 4.13. The van der Waals surface area contributed by atoms with Crippen LogP contribution in [0.2, 0.25) is 0 Å². The molecule has 0 bridgehead atoms. The molecule has 1 aliphatic carbocycles. The summed E-state index contributed by atoms with van der Waals surface area (Å²) in [7, 11) is 0. The highest BCUT2D eigenvalue weighted by atomic mass is 19.1. The fraction of sp³-hybridized carbons (Fsp3) is 0.429. The zero-order valence-electron chi connectivity index (χ0n) is 17.1. The standard InChI is InChI=1S/C21H25FN6O/c1-5-7-12(11(2)22)10-28-14-9-6-8-13(14)16(27-28)19-24-17(23)15-18(25-19)26-20(29)21(15,3)4/h5,7H,6,8-10H2,1-4H3,(H3,23,24,25,26,29). The number of nitrogen functional groups attached to an aromatic ring is 1. The Morgan fingerprint density at radius 1 is 1.34 bits per heavy atom. The van der Waals surface area contributed by atoms with Crippen LogP contribution in [0.25, 0.3) is 11.5 Å². The number of hydrogen-bond donors (Lipinski definition) is 2. The summed E-state index contributed by atoms with van der Waals surface area (Å²) in [4.78, 5) is 21.3. The maximum Gasteiger partial charge on any atom is 0.235 e. The molecule has 0 saturated carbocycles. The van der Waals surface area contributed by atoms with Crippen molar-refractivity contribution < 1.29 is 9.18 Å². The van der Waals surface area contributed by atoms with Gasteiger partial charge in [0.2, 0.25) is 5.91 Å². The third-order valence-electron chi connectivity index (χ3n) is 5.71. The lowest BCUT2D eigenvalue weighted by Crippen LogP contribution is -2.27. The van der Waals surface area contributed by atoms with Gasteiger partial charge in [0.05, 0.1) is 17.5 Å². The quantitative estimate of drug-likeness (QED) is 0.771. The predicted octanol–water partition coefficient (Wildman–Crippen LogP) is 3.46. The van der Waals surface area contributed by atoms with Gasteiger partial charge in [-0.3, -0.25) is 9.48 Å². The Kier molecular flexibility index (Phi) is 4.52. The number of carbonyl (C=O) groups excluding carboxylic acids is 1. The molecule has 7 nitrogen and oxygen atoms in total. The van der Waals surface area contributed by atoms with Crippen molar-refractivity contribution in [3.05, 3.63) is 40.4 Å². The molecular weight excluding hydrogens is 371 g/mol. The highest BCUT2D eigenvalue weighted by Gasteiger charge is 2.42. The first kappa shape index (κ1) is 19.3. The van der Waals surface area contributed by atoms with Crippen LogP contribution in [-0.4, -0.2) is 25.7 Å². The first-order valence-corrected chi connectivity index (χ1v) is 9.80. The number of nitrogens with zero attached hydrogens (tertiary/aromatic N) is 4. The van der Waals surface area contributed by atoms with Crippen molar-refractivity contribution in [2.45, 2.75) is 58.9 Å². The number of halogens is 1. The van der Waals surface area contributed by atoms with E-state index >= 15 is 0 Å². The van der Waals surface area contributed by atoms with Crippen molar-refractivity contribution in [1.29, 1.82) is 0 Å². The SMILES string of the molecule is CC=CC(Cn1nc(-c2nc(N)c3c(n2)NC(=O)C3(C)C)c2c1CCC2)=C(C)F. The molecule has 0 saturated heterocycles. The number of amides is 1. The van der Waals surface area contributed by atoms with Crippen LogP contribution in [0, 0.1) is 0 Å². The molecule has 0 fully saturated rings. The molecule has 29 heavy (non-hydrogen) atoms. The predicted molar refractivity (Wildman–Crippen MR) is 110 cm³/mol. The second-order valence-electron chi connectivity index (χ2n) is 8.08. The summed E-state index contributed by atoms with van der Waals surface area (Å²) in [5.74, 6) is 0.738. The van der Waals surface area contributed by atoms with Crippen molar-refractivity contribution >= 4 is 17.5 Å². The largest absolute Gasteiger partial charge is 0.383 e. The van der Waals surface area contributed by atoms with E-state index in [1.807, 2.05) is 17.7 Å². The first-order chi connectivity index (χ1) is 13.7. The Labute approximate surface area is 168 Å². The summed E-state index contributed by atoms with van der Waals surface area (Å²) in [6.45, 7) is 7.26.